The molecule has 0 aliphatic heterocycles. The largest absolute Gasteiger partial charge is 0.395 e. The molecule has 5 nitrogen and oxygen atoms in total. The minimum absolute atomic E-state index is 0.0209. The highest BCUT2D eigenvalue weighted by Gasteiger charge is 2.14. The topological polar surface area (TPSA) is 85.2 Å². The van der Waals surface area contributed by atoms with Gasteiger partial charge in [0.05, 0.1) is 17.9 Å². The van der Waals surface area contributed by atoms with E-state index in [1.54, 1.807) is 0 Å². The summed E-state index contributed by atoms with van der Waals surface area (Å²) >= 11 is 0. The summed E-state index contributed by atoms with van der Waals surface area (Å²) < 4.78 is 13.2. The van der Waals surface area contributed by atoms with Gasteiger partial charge in [-0.05, 0) is 36.4 Å². The summed E-state index contributed by atoms with van der Waals surface area (Å²) in [6, 6.07) is 14.7. The molecule has 0 spiro atoms. The van der Waals surface area contributed by atoms with E-state index in [-0.39, 0.29) is 36.2 Å². The molecule has 27 heavy (non-hydrogen) atoms. The van der Waals surface area contributed by atoms with Gasteiger partial charge in [-0.3, -0.25) is 10.2 Å². The Morgan fingerprint density at radius 2 is 1.81 bits per heavy atom. The second-order valence-corrected chi connectivity index (χ2v) is 5.58. The minimum Gasteiger partial charge on any atom is -0.395 e. The SMILES string of the molecule is CC(=O)N/C(NCCO)=C(\C#Cc1ccccc1)C(=N)c1ccc(F)cc1. The van der Waals surface area contributed by atoms with Gasteiger partial charge in [0.15, 0.2) is 0 Å². The van der Waals surface area contributed by atoms with Crippen LogP contribution in [0.4, 0.5) is 4.39 Å². The molecule has 0 radical (unpaired) electrons. The van der Waals surface area contributed by atoms with E-state index in [1.165, 1.54) is 31.2 Å². The molecule has 0 fully saturated rings. The van der Waals surface area contributed by atoms with Crippen LogP contribution in [-0.2, 0) is 4.79 Å². The number of aliphatic hydroxyl groups is 1. The van der Waals surface area contributed by atoms with Crippen molar-refractivity contribution in [2.45, 2.75) is 6.92 Å². The quantitative estimate of drug-likeness (QED) is 0.468. The maximum Gasteiger partial charge on any atom is 0.222 e. The van der Waals surface area contributed by atoms with Gasteiger partial charge in [-0.1, -0.05) is 30.0 Å². The zero-order chi connectivity index (χ0) is 19.6. The zero-order valence-corrected chi connectivity index (χ0v) is 14.8. The van der Waals surface area contributed by atoms with E-state index in [1.807, 2.05) is 30.3 Å². The maximum atomic E-state index is 13.2. The average molecular weight is 365 g/mol. The molecule has 0 saturated carbocycles. The average Bonchev–Trinajstić information content (AvgIpc) is 2.66. The molecule has 2 aromatic carbocycles. The first-order valence-electron chi connectivity index (χ1n) is 8.29. The van der Waals surface area contributed by atoms with Gasteiger partial charge < -0.3 is 15.7 Å². The van der Waals surface area contributed by atoms with Crippen LogP contribution >= 0.6 is 0 Å². The number of carbonyl (C=O) groups is 1. The summed E-state index contributed by atoms with van der Waals surface area (Å²) in [5.41, 5.74) is 1.44. The van der Waals surface area contributed by atoms with E-state index >= 15 is 0 Å². The van der Waals surface area contributed by atoms with Crippen molar-refractivity contribution in [2.24, 2.45) is 0 Å². The molecule has 6 heteroatoms. The molecule has 4 N–H and O–H groups in total. The summed E-state index contributed by atoms with van der Waals surface area (Å²) in [5, 5.41) is 23.1. The number of nitrogens with one attached hydrogen (secondary N) is 3. The molecule has 0 saturated heterocycles. The zero-order valence-electron chi connectivity index (χ0n) is 14.8. The summed E-state index contributed by atoms with van der Waals surface area (Å²) in [4.78, 5) is 11.6. The molecule has 0 aliphatic carbocycles. The summed E-state index contributed by atoms with van der Waals surface area (Å²) in [6.07, 6.45) is 0. The Bertz CT molecular complexity index is 895. The van der Waals surface area contributed by atoms with Crippen LogP contribution in [0.15, 0.2) is 66.0 Å². The Hall–Kier alpha value is -3.43. The first-order chi connectivity index (χ1) is 13.0. The molecule has 1 amide bonds. The molecule has 138 valence electrons. The van der Waals surface area contributed by atoms with Crippen LogP contribution in [0, 0.1) is 23.1 Å². The van der Waals surface area contributed by atoms with Crippen LogP contribution in [0.3, 0.4) is 0 Å². The van der Waals surface area contributed by atoms with Gasteiger partial charge in [-0.15, -0.1) is 0 Å². The molecule has 0 bridgehead atoms. The fourth-order valence-electron chi connectivity index (χ4n) is 2.22. The summed E-state index contributed by atoms with van der Waals surface area (Å²) in [6.45, 7) is 1.35. The standard InChI is InChI=1S/C21H20FN3O2/c1-15(27)25-21(24-13-14-26)19(12-7-16-5-3-2-4-6-16)20(23)17-8-10-18(22)11-9-17/h2-6,8-11,23-24,26H,13-14H2,1H3,(H,25,27)/b21-19+,23-20?. The van der Waals surface area contributed by atoms with Gasteiger partial charge in [0.1, 0.15) is 11.6 Å². The van der Waals surface area contributed by atoms with Gasteiger partial charge in [0, 0.05) is 24.6 Å². The first-order valence-corrected chi connectivity index (χ1v) is 8.29. The number of aliphatic hydroxyl groups excluding tert-OH is 1. The lowest BCUT2D eigenvalue weighted by molar-refractivity contribution is -0.118. The van der Waals surface area contributed by atoms with E-state index in [0.29, 0.717) is 5.56 Å². The van der Waals surface area contributed by atoms with E-state index in [0.717, 1.165) is 5.56 Å². The van der Waals surface area contributed by atoms with Crippen molar-refractivity contribution in [1.82, 2.24) is 10.6 Å². The van der Waals surface area contributed by atoms with Crippen LogP contribution in [0.25, 0.3) is 0 Å². The number of hydrogen-bond donors (Lipinski definition) is 4. The third-order valence-electron chi connectivity index (χ3n) is 3.45. The second-order valence-electron chi connectivity index (χ2n) is 5.58. The van der Waals surface area contributed by atoms with Crippen molar-refractivity contribution in [3.63, 3.8) is 0 Å². The Labute approximate surface area is 157 Å². The molecule has 2 rings (SSSR count). The van der Waals surface area contributed by atoms with Crippen LogP contribution in [0.5, 0.6) is 0 Å². The highest BCUT2D eigenvalue weighted by Crippen LogP contribution is 2.12. The third kappa shape index (κ3) is 6.10. The van der Waals surface area contributed by atoms with Gasteiger partial charge in [-0.25, -0.2) is 4.39 Å². The number of halogens is 1. The van der Waals surface area contributed by atoms with Crippen molar-refractivity contribution in [3.05, 3.63) is 82.9 Å². The number of allylic oxidation sites excluding steroid dienone is 1. The lowest BCUT2D eigenvalue weighted by Crippen LogP contribution is -2.34. The molecule has 0 unspecified atom stereocenters. The molecule has 0 heterocycles. The molecule has 0 aliphatic rings. The van der Waals surface area contributed by atoms with Gasteiger partial charge in [-0.2, -0.15) is 0 Å². The van der Waals surface area contributed by atoms with Crippen molar-refractivity contribution >= 4 is 11.6 Å². The van der Waals surface area contributed by atoms with E-state index in [9.17, 15) is 9.18 Å². The molecular formula is C21H20FN3O2. The highest BCUT2D eigenvalue weighted by atomic mass is 19.1. The molecule has 2 aromatic rings. The smallest absolute Gasteiger partial charge is 0.222 e. The van der Waals surface area contributed by atoms with E-state index in [4.69, 9.17) is 10.5 Å². The Balaban J connectivity index is 2.52. The van der Waals surface area contributed by atoms with E-state index < -0.39 is 5.82 Å². The summed E-state index contributed by atoms with van der Waals surface area (Å²) in [5.74, 6) is 5.34. The van der Waals surface area contributed by atoms with Gasteiger partial charge >= 0.3 is 0 Å². The van der Waals surface area contributed by atoms with Crippen LogP contribution in [0.2, 0.25) is 0 Å². The van der Waals surface area contributed by atoms with Crippen molar-refractivity contribution in [1.29, 1.82) is 5.41 Å². The number of amides is 1. The summed E-state index contributed by atoms with van der Waals surface area (Å²) in [7, 11) is 0. The normalized spacial score (nSPS) is 10.9. The number of hydrogen-bond acceptors (Lipinski definition) is 4. The van der Waals surface area contributed by atoms with Crippen molar-refractivity contribution < 1.29 is 14.3 Å². The predicted octanol–water partition coefficient (Wildman–Crippen LogP) is 2.17. The maximum absolute atomic E-state index is 13.2. The molecule has 0 atom stereocenters. The number of benzene rings is 2. The Kier molecular flexibility index (Phi) is 7.29. The lowest BCUT2D eigenvalue weighted by Gasteiger charge is -2.15. The first kappa shape index (κ1) is 19.9. The highest BCUT2D eigenvalue weighted by molar-refractivity contribution is 6.14. The van der Waals surface area contributed by atoms with Crippen LogP contribution in [-0.4, -0.2) is 29.9 Å². The fraction of sp³-hybridized carbons (Fsp3) is 0.143. The number of rotatable bonds is 6. The predicted molar refractivity (Wildman–Crippen MR) is 102 cm³/mol. The minimum atomic E-state index is -0.409. The number of carbonyl (C=O) groups excluding carboxylic acids is 1. The monoisotopic (exact) mass is 365 g/mol. The van der Waals surface area contributed by atoms with Crippen LogP contribution in [0.1, 0.15) is 18.1 Å². The van der Waals surface area contributed by atoms with Gasteiger partial charge in [0.2, 0.25) is 5.91 Å². The fourth-order valence-corrected chi connectivity index (χ4v) is 2.22. The second kappa shape index (κ2) is 9.90. The van der Waals surface area contributed by atoms with Crippen molar-refractivity contribution in [2.75, 3.05) is 13.2 Å². The van der Waals surface area contributed by atoms with Crippen molar-refractivity contribution in [3.8, 4) is 11.8 Å². The van der Waals surface area contributed by atoms with E-state index in [2.05, 4.69) is 22.5 Å². The molecule has 0 aromatic heterocycles. The van der Waals surface area contributed by atoms with Gasteiger partial charge in [0.25, 0.3) is 0 Å². The third-order valence-corrected chi connectivity index (χ3v) is 3.45. The van der Waals surface area contributed by atoms with Crippen LogP contribution < -0.4 is 10.6 Å². The Morgan fingerprint density at radius 1 is 1.15 bits per heavy atom. The Morgan fingerprint density at radius 3 is 2.41 bits per heavy atom. The molecular weight excluding hydrogens is 345 g/mol. The lowest BCUT2D eigenvalue weighted by atomic mass is 10.0.